The van der Waals surface area contributed by atoms with E-state index in [0.29, 0.717) is 0 Å². The Labute approximate surface area is 78.9 Å². The highest BCUT2D eigenvalue weighted by molar-refractivity contribution is 6.42. The molecule has 5 heteroatoms. The number of carboxylic acid groups (broad SMARTS) is 1. The van der Waals surface area contributed by atoms with Gasteiger partial charge in [0, 0.05) is 5.02 Å². The molecule has 0 aromatic heterocycles. The van der Waals surface area contributed by atoms with Crippen LogP contribution in [0, 0.1) is 5.41 Å². The van der Waals surface area contributed by atoms with Crippen molar-refractivity contribution in [3.8, 4) is 5.75 Å². The van der Waals surface area contributed by atoms with Crippen molar-refractivity contribution in [2.75, 3.05) is 0 Å². The van der Waals surface area contributed by atoms with Crippen molar-refractivity contribution >= 4 is 23.3 Å². The van der Waals surface area contributed by atoms with Crippen molar-refractivity contribution in [1.82, 2.24) is 0 Å². The Morgan fingerprint density at radius 3 is 2.62 bits per heavy atom. The third kappa shape index (κ3) is 1.97. The zero-order valence-corrected chi connectivity index (χ0v) is 7.17. The number of hydrogen-bond acceptors (Lipinski definition) is 3. The van der Waals surface area contributed by atoms with Crippen molar-refractivity contribution in [3.05, 3.63) is 28.8 Å². The van der Waals surface area contributed by atoms with Gasteiger partial charge in [0.15, 0.2) is 5.71 Å². The smallest absolute Gasteiger partial charge is 0.354 e. The minimum absolute atomic E-state index is 0.0833. The van der Waals surface area contributed by atoms with Crippen LogP contribution in [0.1, 0.15) is 5.56 Å². The van der Waals surface area contributed by atoms with E-state index in [1.165, 1.54) is 18.2 Å². The molecular formula is C8H6ClNO3. The van der Waals surface area contributed by atoms with Crippen LogP contribution in [-0.2, 0) is 4.79 Å². The molecule has 0 radical (unpaired) electrons. The minimum Gasteiger partial charge on any atom is -0.507 e. The van der Waals surface area contributed by atoms with Crippen molar-refractivity contribution in [2.24, 2.45) is 0 Å². The Hall–Kier alpha value is -1.55. The largest absolute Gasteiger partial charge is 0.507 e. The normalized spacial score (nSPS) is 9.62. The zero-order valence-electron chi connectivity index (χ0n) is 6.41. The van der Waals surface area contributed by atoms with Gasteiger partial charge in [0.05, 0.1) is 5.56 Å². The lowest BCUT2D eigenvalue weighted by molar-refractivity contribution is -0.129. The first-order valence-electron chi connectivity index (χ1n) is 3.33. The molecular weight excluding hydrogens is 194 g/mol. The van der Waals surface area contributed by atoms with Crippen LogP contribution in [0.2, 0.25) is 5.02 Å². The molecule has 0 aliphatic heterocycles. The fraction of sp³-hybridized carbons (Fsp3) is 0. The van der Waals surface area contributed by atoms with Crippen LogP contribution in [0.15, 0.2) is 18.2 Å². The molecule has 1 rings (SSSR count). The molecule has 1 aromatic carbocycles. The summed E-state index contributed by atoms with van der Waals surface area (Å²) in [5, 5.41) is 25.0. The number of carbonyl (C=O) groups is 1. The molecule has 3 N–H and O–H groups in total. The fourth-order valence-corrected chi connectivity index (χ4v) is 0.996. The van der Waals surface area contributed by atoms with Gasteiger partial charge in [0.1, 0.15) is 5.75 Å². The van der Waals surface area contributed by atoms with Gasteiger partial charge in [-0.3, -0.25) is 5.41 Å². The van der Waals surface area contributed by atoms with Gasteiger partial charge >= 0.3 is 5.97 Å². The summed E-state index contributed by atoms with van der Waals surface area (Å²) in [6, 6.07) is 3.89. The summed E-state index contributed by atoms with van der Waals surface area (Å²) in [6.45, 7) is 0. The van der Waals surface area contributed by atoms with E-state index in [2.05, 4.69) is 0 Å². The average molecular weight is 200 g/mol. The molecule has 1 aromatic rings. The van der Waals surface area contributed by atoms with Gasteiger partial charge < -0.3 is 10.2 Å². The van der Waals surface area contributed by atoms with Crippen LogP contribution in [0.25, 0.3) is 0 Å². The Morgan fingerprint density at radius 1 is 1.46 bits per heavy atom. The Kier molecular flexibility index (Phi) is 2.53. The summed E-state index contributed by atoms with van der Waals surface area (Å²) >= 11 is 5.56. The number of halogens is 1. The summed E-state index contributed by atoms with van der Waals surface area (Å²) in [6.07, 6.45) is 0. The van der Waals surface area contributed by atoms with E-state index in [-0.39, 0.29) is 16.3 Å². The van der Waals surface area contributed by atoms with Gasteiger partial charge in [-0.15, -0.1) is 0 Å². The highest BCUT2D eigenvalue weighted by atomic mass is 35.5. The molecule has 0 heterocycles. The maximum absolute atomic E-state index is 10.4. The second-order valence-electron chi connectivity index (χ2n) is 2.34. The number of carboxylic acids is 1. The molecule has 68 valence electrons. The molecule has 0 amide bonds. The first-order chi connectivity index (χ1) is 6.02. The topological polar surface area (TPSA) is 81.4 Å². The molecule has 0 spiro atoms. The lowest BCUT2D eigenvalue weighted by Crippen LogP contribution is -2.12. The predicted octanol–water partition coefficient (Wildman–Crippen LogP) is 1.50. The van der Waals surface area contributed by atoms with Crippen LogP contribution in [-0.4, -0.2) is 21.9 Å². The van der Waals surface area contributed by atoms with E-state index in [1.807, 2.05) is 0 Å². The third-order valence-electron chi connectivity index (χ3n) is 1.44. The molecule has 13 heavy (non-hydrogen) atoms. The monoisotopic (exact) mass is 199 g/mol. The van der Waals surface area contributed by atoms with Crippen LogP contribution in [0.5, 0.6) is 5.75 Å². The predicted molar refractivity (Wildman–Crippen MR) is 47.6 cm³/mol. The standard InChI is InChI=1S/C8H6ClNO3/c9-4-1-2-6(11)5(3-4)7(10)8(12)13/h1-3,10-11H,(H,12,13). The number of hydrogen-bond donors (Lipinski definition) is 3. The van der Waals surface area contributed by atoms with Crippen LogP contribution in [0.4, 0.5) is 0 Å². The second kappa shape index (κ2) is 3.45. The maximum Gasteiger partial charge on any atom is 0.354 e. The van der Waals surface area contributed by atoms with Crippen LogP contribution < -0.4 is 0 Å². The lowest BCUT2D eigenvalue weighted by atomic mass is 10.1. The second-order valence-corrected chi connectivity index (χ2v) is 2.78. The molecule has 0 atom stereocenters. The summed E-state index contributed by atoms with van der Waals surface area (Å²) < 4.78 is 0. The average Bonchev–Trinajstić information content (AvgIpc) is 2.08. The van der Waals surface area contributed by atoms with E-state index in [9.17, 15) is 9.90 Å². The highest BCUT2D eigenvalue weighted by Crippen LogP contribution is 2.21. The zero-order chi connectivity index (χ0) is 10.0. The number of aromatic hydroxyl groups is 1. The molecule has 0 saturated heterocycles. The summed E-state index contributed by atoms with van der Waals surface area (Å²) in [5.41, 5.74) is -0.764. The van der Waals surface area contributed by atoms with E-state index >= 15 is 0 Å². The molecule has 0 bridgehead atoms. The number of aliphatic carboxylic acids is 1. The molecule has 4 nitrogen and oxygen atoms in total. The Bertz CT molecular complexity index is 376. The van der Waals surface area contributed by atoms with Gasteiger partial charge in [-0.2, -0.15) is 0 Å². The van der Waals surface area contributed by atoms with Crippen molar-refractivity contribution in [2.45, 2.75) is 0 Å². The van der Waals surface area contributed by atoms with Crippen molar-refractivity contribution in [3.63, 3.8) is 0 Å². The van der Waals surface area contributed by atoms with E-state index in [4.69, 9.17) is 22.1 Å². The Balaban J connectivity index is 3.21. The van der Waals surface area contributed by atoms with Crippen LogP contribution >= 0.6 is 11.6 Å². The van der Waals surface area contributed by atoms with Gasteiger partial charge in [0.2, 0.25) is 0 Å². The molecule has 0 fully saturated rings. The number of phenolic OH excluding ortho intramolecular Hbond substituents is 1. The molecule has 0 unspecified atom stereocenters. The van der Waals surface area contributed by atoms with E-state index in [1.54, 1.807) is 0 Å². The maximum atomic E-state index is 10.4. The fourth-order valence-electron chi connectivity index (χ4n) is 0.824. The summed E-state index contributed by atoms with van der Waals surface area (Å²) in [4.78, 5) is 10.4. The van der Waals surface area contributed by atoms with E-state index in [0.717, 1.165) is 0 Å². The van der Waals surface area contributed by atoms with Crippen molar-refractivity contribution < 1.29 is 15.0 Å². The SMILES string of the molecule is N=C(C(=O)O)c1cc(Cl)ccc1O. The van der Waals surface area contributed by atoms with Gasteiger partial charge in [-0.1, -0.05) is 11.6 Å². The number of phenols is 1. The van der Waals surface area contributed by atoms with Crippen molar-refractivity contribution in [1.29, 1.82) is 5.41 Å². The first-order valence-corrected chi connectivity index (χ1v) is 3.71. The van der Waals surface area contributed by atoms with Gasteiger partial charge in [0.25, 0.3) is 0 Å². The molecule has 0 aliphatic rings. The molecule has 0 aliphatic carbocycles. The van der Waals surface area contributed by atoms with Gasteiger partial charge in [-0.25, -0.2) is 4.79 Å². The minimum atomic E-state index is -1.41. The quantitative estimate of drug-likeness (QED) is 0.632. The summed E-state index contributed by atoms with van der Waals surface area (Å²) in [5.74, 6) is -1.67. The molecule has 0 saturated carbocycles. The summed E-state index contributed by atoms with van der Waals surface area (Å²) in [7, 11) is 0. The number of nitrogens with one attached hydrogen (secondary N) is 1. The number of benzene rings is 1. The number of rotatable bonds is 2. The van der Waals surface area contributed by atoms with Gasteiger partial charge in [-0.05, 0) is 18.2 Å². The lowest BCUT2D eigenvalue weighted by Gasteiger charge is -2.02. The van der Waals surface area contributed by atoms with E-state index < -0.39 is 11.7 Å². The van der Waals surface area contributed by atoms with Crippen LogP contribution in [0.3, 0.4) is 0 Å². The Morgan fingerprint density at radius 2 is 2.08 bits per heavy atom. The third-order valence-corrected chi connectivity index (χ3v) is 1.68. The highest BCUT2D eigenvalue weighted by Gasteiger charge is 2.14. The first kappa shape index (κ1) is 9.54.